The number of piperidine rings is 1. The molecule has 2 rings (SSSR count). The second-order valence-electron chi connectivity index (χ2n) is 6.17. The first-order valence-electron chi connectivity index (χ1n) is 8.14. The average Bonchev–Trinajstić information content (AvgIpc) is 2.50. The number of hydrogen-bond donors (Lipinski definition) is 1. The first kappa shape index (κ1) is 16.0. The average molecular weight is 289 g/mol. The fourth-order valence-corrected chi connectivity index (χ4v) is 3.51. The van der Waals surface area contributed by atoms with E-state index in [1.54, 1.807) is 0 Å². The minimum atomic E-state index is -0.637. The molecule has 1 heterocycles. The van der Waals surface area contributed by atoms with Crippen LogP contribution in [0.2, 0.25) is 0 Å². The molecule has 0 aliphatic carbocycles. The second kappa shape index (κ2) is 7.08. The van der Waals surface area contributed by atoms with Crippen LogP contribution in [0.25, 0.3) is 0 Å². The Hall–Kier alpha value is -1.35. The third kappa shape index (κ3) is 3.65. The van der Waals surface area contributed by atoms with Gasteiger partial charge < -0.3 is 5.11 Å². The van der Waals surface area contributed by atoms with E-state index in [4.69, 9.17) is 0 Å². The highest BCUT2D eigenvalue weighted by Gasteiger charge is 2.33. The molecule has 1 aliphatic heterocycles. The minimum absolute atomic E-state index is 0.170. The van der Waals surface area contributed by atoms with Crippen molar-refractivity contribution in [3.8, 4) is 0 Å². The summed E-state index contributed by atoms with van der Waals surface area (Å²) < 4.78 is 0. The molecule has 1 saturated heterocycles. The summed E-state index contributed by atoms with van der Waals surface area (Å²) >= 11 is 0. The third-order valence-electron chi connectivity index (χ3n) is 4.84. The molecule has 0 saturated carbocycles. The number of carbonyl (C=O) groups is 1. The Labute approximate surface area is 128 Å². The SMILES string of the molecule is CCc1ccc(C(CC)N2CCC(C(=O)O)CC2C)cc1. The van der Waals surface area contributed by atoms with Gasteiger partial charge in [0.05, 0.1) is 5.92 Å². The van der Waals surface area contributed by atoms with E-state index in [2.05, 4.69) is 49.9 Å². The van der Waals surface area contributed by atoms with E-state index in [0.29, 0.717) is 12.1 Å². The molecule has 0 amide bonds. The Balaban J connectivity index is 2.11. The van der Waals surface area contributed by atoms with Crippen LogP contribution in [0.15, 0.2) is 24.3 Å². The molecule has 1 aromatic rings. The highest BCUT2D eigenvalue weighted by molar-refractivity contribution is 5.70. The number of aliphatic carboxylic acids is 1. The van der Waals surface area contributed by atoms with E-state index >= 15 is 0 Å². The quantitative estimate of drug-likeness (QED) is 0.894. The second-order valence-corrected chi connectivity index (χ2v) is 6.17. The van der Waals surface area contributed by atoms with Crippen molar-refractivity contribution in [1.29, 1.82) is 0 Å². The molecule has 0 spiro atoms. The molecular formula is C18H27NO2. The monoisotopic (exact) mass is 289 g/mol. The summed E-state index contributed by atoms with van der Waals surface area (Å²) in [7, 11) is 0. The van der Waals surface area contributed by atoms with Crippen LogP contribution in [0, 0.1) is 5.92 Å². The largest absolute Gasteiger partial charge is 0.481 e. The van der Waals surface area contributed by atoms with Crippen molar-refractivity contribution in [3.63, 3.8) is 0 Å². The Morgan fingerprint density at radius 1 is 1.33 bits per heavy atom. The minimum Gasteiger partial charge on any atom is -0.481 e. The molecule has 3 unspecified atom stereocenters. The third-order valence-corrected chi connectivity index (χ3v) is 4.84. The van der Waals surface area contributed by atoms with Gasteiger partial charge in [-0.15, -0.1) is 0 Å². The first-order chi connectivity index (χ1) is 10.1. The molecule has 1 N–H and O–H groups in total. The van der Waals surface area contributed by atoms with Gasteiger partial charge in [0, 0.05) is 12.1 Å². The van der Waals surface area contributed by atoms with Crippen molar-refractivity contribution in [2.24, 2.45) is 5.92 Å². The van der Waals surface area contributed by atoms with Gasteiger partial charge in [-0.05, 0) is 50.3 Å². The topological polar surface area (TPSA) is 40.5 Å². The lowest BCUT2D eigenvalue weighted by Crippen LogP contribution is -2.44. The predicted octanol–water partition coefficient (Wildman–Crippen LogP) is 3.89. The van der Waals surface area contributed by atoms with E-state index in [1.165, 1.54) is 11.1 Å². The molecule has 0 aromatic heterocycles. The molecule has 1 aromatic carbocycles. The van der Waals surface area contributed by atoms with Crippen LogP contribution in [0.3, 0.4) is 0 Å². The summed E-state index contributed by atoms with van der Waals surface area (Å²) in [4.78, 5) is 13.7. The fraction of sp³-hybridized carbons (Fsp3) is 0.611. The van der Waals surface area contributed by atoms with Gasteiger partial charge in [0.15, 0.2) is 0 Å². The maximum Gasteiger partial charge on any atom is 0.306 e. The molecule has 1 fully saturated rings. The zero-order valence-corrected chi connectivity index (χ0v) is 13.4. The normalized spacial score (nSPS) is 24.7. The van der Waals surface area contributed by atoms with Crippen molar-refractivity contribution in [2.45, 2.75) is 58.5 Å². The highest BCUT2D eigenvalue weighted by Crippen LogP contribution is 2.33. The van der Waals surface area contributed by atoms with Gasteiger partial charge in [0.2, 0.25) is 0 Å². The Morgan fingerprint density at radius 2 is 2.00 bits per heavy atom. The van der Waals surface area contributed by atoms with Gasteiger partial charge in [-0.3, -0.25) is 9.69 Å². The van der Waals surface area contributed by atoms with Gasteiger partial charge in [-0.25, -0.2) is 0 Å². The molecule has 116 valence electrons. The lowest BCUT2D eigenvalue weighted by atomic mass is 9.88. The molecular weight excluding hydrogens is 262 g/mol. The van der Waals surface area contributed by atoms with E-state index in [9.17, 15) is 9.90 Å². The summed E-state index contributed by atoms with van der Waals surface area (Å²) in [6, 6.07) is 9.64. The summed E-state index contributed by atoms with van der Waals surface area (Å²) in [5.74, 6) is -0.807. The van der Waals surface area contributed by atoms with E-state index in [0.717, 1.165) is 32.2 Å². The summed E-state index contributed by atoms with van der Waals surface area (Å²) in [5.41, 5.74) is 2.72. The summed E-state index contributed by atoms with van der Waals surface area (Å²) in [6.07, 6.45) is 3.66. The van der Waals surface area contributed by atoms with Crippen molar-refractivity contribution in [2.75, 3.05) is 6.54 Å². The molecule has 0 bridgehead atoms. The number of carboxylic acid groups (broad SMARTS) is 1. The maximum absolute atomic E-state index is 11.2. The van der Waals surface area contributed by atoms with Gasteiger partial charge in [0.1, 0.15) is 0 Å². The lowest BCUT2D eigenvalue weighted by Gasteiger charge is -2.41. The van der Waals surface area contributed by atoms with Crippen LogP contribution in [0.1, 0.15) is 57.2 Å². The maximum atomic E-state index is 11.2. The zero-order chi connectivity index (χ0) is 15.4. The summed E-state index contributed by atoms with van der Waals surface area (Å²) in [6.45, 7) is 7.43. The highest BCUT2D eigenvalue weighted by atomic mass is 16.4. The smallest absolute Gasteiger partial charge is 0.306 e. The number of likely N-dealkylation sites (tertiary alicyclic amines) is 1. The van der Waals surface area contributed by atoms with Crippen LogP contribution in [-0.4, -0.2) is 28.6 Å². The van der Waals surface area contributed by atoms with Crippen molar-refractivity contribution >= 4 is 5.97 Å². The molecule has 3 nitrogen and oxygen atoms in total. The van der Waals surface area contributed by atoms with Crippen LogP contribution < -0.4 is 0 Å². The van der Waals surface area contributed by atoms with E-state index in [-0.39, 0.29) is 5.92 Å². The van der Waals surface area contributed by atoms with Gasteiger partial charge in [0.25, 0.3) is 0 Å². The fourth-order valence-electron chi connectivity index (χ4n) is 3.51. The number of aryl methyl sites for hydroxylation is 1. The number of rotatable bonds is 5. The van der Waals surface area contributed by atoms with Crippen LogP contribution in [-0.2, 0) is 11.2 Å². The van der Waals surface area contributed by atoms with Gasteiger partial charge in [-0.1, -0.05) is 38.1 Å². The summed E-state index contributed by atoms with van der Waals surface area (Å²) in [5, 5.41) is 9.19. The molecule has 1 aliphatic rings. The van der Waals surface area contributed by atoms with Gasteiger partial charge >= 0.3 is 5.97 Å². The van der Waals surface area contributed by atoms with Crippen molar-refractivity contribution < 1.29 is 9.90 Å². The molecule has 3 heteroatoms. The zero-order valence-electron chi connectivity index (χ0n) is 13.4. The molecule has 0 radical (unpaired) electrons. The number of hydrogen-bond acceptors (Lipinski definition) is 2. The van der Waals surface area contributed by atoms with E-state index in [1.807, 2.05) is 0 Å². The van der Waals surface area contributed by atoms with Crippen LogP contribution in [0.5, 0.6) is 0 Å². The van der Waals surface area contributed by atoms with Gasteiger partial charge in [-0.2, -0.15) is 0 Å². The Kier molecular flexibility index (Phi) is 5.40. The van der Waals surface area contributed by atoms with Crippen LogP contribution >= 0.6 is 0 Å². The van der Waals surface area contributed by atoms with E-state index < -0.39 is 5.97 Å². The molecule has 3 atom stereocenters. The Bertz CT molecular complexity index is 469. The van der Waals surface area contributed by atoms with Crippen molar-refractivity contribution in [1.82, 2.24) is 4.90 Å². The number of carboxylic acids is 1. The Morgan fingerprint density at radius 3 is 2.48 bits per heavy atom. The number of nitrogens with zero attached hydrogens (tertiary/aromatic N) is 1. The van der Waals surface area contributed by atoms with Crippen molar-refractivity contribution in [3.05, 3.63) is 35.4 Å². The standard InChI is InChI=1S/C18H27NO2/c1-4-14-6-8-15(9-7-14)17(5-2)19-11-10-16(18(20)21)12-13(19)3/h6-9,13,16-17H,4-5,10-12H2,1-3H3,(H,20,21). The number of benzene rings is 1. The lowest BCUT2D eigenvalue weighted by molar-refractivity contribution is -0.144. The van der Waals surface area contributed by atoms with Crippen LogP contribution in [0.4, 0.5) is 0 Å². The first-order valence-corrected chi connectivity index (χ1v) is 8.14. The predicted molar refractivity (Wildman–Crippen MR) is 85.4 cm³/mol. The molecule has 21 heavy (non-hydrogen) atoms.